The van der Waals surface area contributed by atoms with E-state index in [1.165, 1.54) is 0 Å². The Morgan fingerprint density at radius 1 is 1.06 bits per heavy atom. The van der Waals surface area contributed by atoms with Crippen LogP contribution in [0.15, 0.2) is 0 Å². The standard InChI is InChI=1S/C8H14O6S.Mg.2H/c1-3-7(11)13-15(5-6(9)10)14-8(12)4-2;;;/h15H,3-5H2,1-2H3,(H,9,10);;;. The van der Waals surface area contributed by atoms with Crippen molar-refractivity contribution in [2.45, 2.75) is 26.7 Å². The fourth-order valence-electron chi connectivity index (χ4n) is 0.550. The lowest BCUT2D eigenvalue weighted by Crippen LogP contribution is -2.13. The smallest absolute Gasteiger partial charge is 0.328 e. The van der Waals surface area contributed by atoms with E-state index in [4.69, 9.17) is 5.11 Å². The third-order valence-corrected chi connectivity index (χ3v) is 2.59. The summed E-state index contributed by atoms with van der Waals surface area (Å²) in [5, 5.41) is 8.49. The molecule has 0 aromatic carbocycles. The Morgan fingerprint density at radius 3 is 1.69 bits per heavy atom. The van der Waals surface area contributed by atoms with Gasteiger partial charge in [-0.3, -0.25) is 14.4 Å². The number of carbonyl (C=O) groups excluding carboxylic acids is 2. The van der Waals surface area contributed by atoms with Crippen molar-refractivity contribution in [2.75, 3.05) is 5.75 Å². The number of carbonyl (C=O) groups is 3. The quantitative estimate of drug-likeness (QED) is 0.514. The fourth-order valence-corrected chi connectivity index (χ4v) is 1.65. The zero-order chi connectivity index (χ0) is 11.8. The maximum atomic E-state index is 10.9. The molecule has 0 bridgehead atoms. The molecule has 0 aliphatic carbocycles. The van der Waals surface area contributed by atoms with Crippen molar-refractivity contribution in [3.8, 4) is 0 Å². The first-order valence-electron chi connectivity index (χ1n) is 4.40. The molecule has 0 spiro atoms. The molecule has 1 N–H and O–H groups in total. The predicted octanol–water partition coefficient (Wildman–Crippen LogP) is -0.108. The minimum Gasteiger partial charge on any atom is -0.480 e. The van der Waals surface area contributed by atoms with Crippen molar-refractivity contribution in [1.82, 2.24) is 0 Å². The highest BCUT2D eigenvalue weighted by Crippen LogP contribution is 2.29. The van der Waals surface area contributed by atoms with Crippen LogP contribution in [0.25, 0.3) is 0 Å². The van der Waals surface area contributed by atoms with Gasteiger partial charge in [-0.1, -0.05) is 13.8 Å². The van der Waals surface area contributed by atoms with E-state index in [-0.39, 0.29) is 35.9 Å². The second-order valence-electron chi connectivity index (χ2n) is 2.52. The van der Waals surface area contributed by atoms with Crippen LogP contribution in [0.4, 0.5) is 0 Å². The average Bonchev–Trinajstić information content (AvgIpc) is 2.16. The Labute approximate surface area is 113 Å². The molecule has 6 nitrogen and oxygen atoms in total. The number of hydrogen-bond acceptors (Lipinski definition) is 5. The molecule has 0 saturated carbocycles. The van der Waals surface area contributed by atoms with Crippen molar-refractivity contribution in [1.29, 1.82) is 0 Å². The summed E-state index contributed by atoms with van der Waals surface area (Å²) in [7, 11) is 0. The highest BCUT2D eigenvalue weighted by atomic mass is 32.2. The number of carboxylic acid groups (broad SMARTS) is 1. The molecule has 16 heavy (non-hydrogen) atoms. The van der Waals surface area contributed by atoms with Crippen LogP contribution in [0.3, 0.4) is 0 Å². The topological polar surface area (TPSA) is 89.9 Å². The second-order valence-corrected chi connectivity index (χ2v) is 3.87. The van der Waals surface area contributed by atoms with Gasteiger partial charge in [0.25, 0.3) is 0 Å². The highest BCUT2D eigenvalue weighted by molar-refractivity contribution is 8.09. The molecule has 0 amide bonds. The summed E-state index contributed by atoms with van der Waals surface area (Å²) in [6.45, 7) is 3.14. The van der Waals surface area contributed by atoms with Gasteiger partial charge in [0.05, 0.1) is 0 Å². The third kappa shape index (κ3) is 8.80. The molecule has 0 heterocycles. The van der Waals surface area contributed by atoms with Crippen molar-refractivity contribution < 1.29 is 27.9 Å². The van der Waals surface area contributed by atoms with E-state index in [0.717, 1.165) is 0 Å². The van der Waals surface area contributed by atoms with Crippen molar-refractivity contribution in [3.63, 3.8) is 0 Å². The van der Waals surface area contributed by atoms with E-state index in [0.29, 0.717) is 0 Å². The Hall–Kier alpha value is -0.474. The molecule has 0 aromatic heterocycles. The van der Waals surface area contributed by atoms with Crippen LogP contribution in [0.1, 0.15) is 26.7 Å². The molecule has 92 valence electrons. The van der Waals surface area contributed by atoms with Gasteiger partial charge in [0.1, 0.15) is 0 Å². The largest absolute Gasteiger partial charge is 0.480 e. The summed E-state index contributed by atoms with van der Waals surface area (Å²) >= 11 is -1.99. The Morgan fingerprint density at radius 2 is 1.44 bits per heavy atom. The minimum absolute atomic E-state index is 0. The van der Waals surface area contributed by atoms with Gasteiger partial charge in [0, 0.05) is 12.8 Å². The molecule has 0 aliphatic heterocycles. The van der Waals surface area contributed by atoms with Crippen LogP contribution in [0.5, 0.6) is 0 Å². The van der Waals surface area contributed by atoms with Gasteiger partial charge in [-0.15, -0.1) is 11.5 Å². The maximum absolute atomic E-state index is 10.9. The van der Waals surface area contributed by atoms with Gasteiger partial charge in [0.2, 0.25) is 0 Å². The van der Waals surface area contributed by atoms with Crippen molar-refractivity contribution >= 4 is 52.4 Å². The van der Waals surface area contributed by atoms with Crippen LogP contribution in [0, 0.1) is 0 Å². The van der Waals surface area contributed by atoms with Crippen molar-refractivity contribution in [2.24, 2.45) is 0 Å². The predicted molar refractivity (Wildman–Crippen MR) is 62.8 cm³/mol. The lowest BCUT2D eigenvalue weighted by Gasteiger charge is -2.21. The molecule has 0 saturated heterocycles. The van der Waals surface area contributed by atoms with Crippen LogP contribution in [-0.2, 0) is 22.7 Å². The highest BCUT2D eigenvalue weighted by Gasteiger charge is 2.14. The zero-order valence-corrected chi connectivity index (χ0v) is 9.45. The lowest BCUT2D eigenvalue weighted by atomic mass is 10.5. The Bertz CT molecular complexity index is 239. The van der Waals surface area contributed by atoms with Crippen LogP contribution < -0.4 is 0 Å². The van der Waals surface area contributed by atoms with E-state index in [1.54, 1.807) is 13.8 Å². The van der Waals surface area contributed by atoms with Crippen LogP contribution in [-0.4, -0.2) is 51.8 Å². The zero-order valence-electron chi connectivity index (χ0n) is 8.56. The number of rotatable bonds is 6. The molecule has 0 atom stereocenters. The molecule has 0 radical (unpaired) electrons. The molecule has 0 unspecified atom stereocenters. The first-order chi connectivity index (χ1) is 6.99. The van der Waals surface area contributed by atoms with Gasteiger partial charge < -0.3 is 13.5 Å². The van der Waals surface area contributed by atoms with Gasteiger partial charge in [-0.05, 0) is 0 Å². The molecule has 0 aliphatic rings. The van der Waals surface area contributed by atoms with Crippen LogP contribution >= 0.6 is 11.5 Å². The van der Waals surface area contributed by atoms with Crippen LogP contribution in [0.2, 0.25) is 0 Å². The number of carboxylic acids is 1. The average molecular weight is 265 g/mol. The van der Waals surface area contributed by atoms with Gasteiger partial charge in [-0.25, -0.2) is 0 Å². The second kappa shape index (κ2) is 9.73. The summed E-state index contributed by atoms with van der Waals surface area (Å²) < 4.78 is 9.37. The van der Waals surface area contributed by atoms with Gasteiger partial charge in [-0.2, -0.15) is 0 Å². The SMILES string of the molecule is CCC(=O)O[SH](CC(=O)O)OC(=O)CC.[MgH2]. The summed E-state index contributed by atoms with van der Waals surface area (Å²) in [5.74, 6) is -2.81. The summed E-state index contributed by atoms with van der Waals surface area (Å²) in [4.78, 5) is 32.1. The Kier molecular flexibility index (Phi) is 10.9. The molecule has 0 aromatic rings. The summed E-state index contributed by atoms with van der Waals surface area (Å²) in [5.41, 5.74) is 0. The normalized spacial score (nSPS) is 9.75. The molecule has 0 rings (SSSR count). The third-order valence-electron chi connectivity index (χ3n) is 1.25. The van der Waals surface area contributed by atoms with Crippen molar-refractivity contribution in [3.05, 3.63) is 0 Å². The lowest BCUT2D eigenvalue weighted by molar-refractivity contribution is -0.136. The van der Waals surface area contributed by atoms with E-state index in [1.807, 2.05) is 0 Å². The first-order valence-corrected chi connectivity index (χ1v) is 5.76. The number of hydrogen-bond donors (Lipinski definition) is 2. The number of thiol groups is 1. The van der Waals surface area contributed by atoms with E-state index in [2.05, 4.69) is 8.37 Å². The fraction of sp³-hybridized carbons (Fsp3) is 0.625. The van der Waals surface area contributed by atoms with E-state index >= 15 is 0 Å². The van der Waals surface area contributed by atoms with E-state index in [9.17, 15) is 14.4 Å². The summed E-state index contributed by atoms with van der Waals surface area (Å²) in [6.07, 6.45) is 0.226. The number of aliphatic carboxylic acids is 1. The monoisotopic (exact) mass is 264 g/mol. The van der Waals surface area contributed by atoms with Gasteiger partial charge in [0.15, 0.2) is 5.75 Å². The van der Waals surface area contributed by atoms with Gasteiger partial charge >= 0.3 is 41.0 Å². The first kappa shape index (κ1) is 17.9. The van der Waals surface area contributed by atoms with E-state index < -0.39 is 35.1 Å². The minimum atomic E-state index is -1.99. The maximum Gasteiger partial charge on any atom is 0.328 e. The molecule has 8 heteroatoms. The molecular weight excluding hydrogens is 248 g/mol. The molecular formula is C8H16MgO6S. The summed E-state index contributed by atoms with van der Waals surface area (Å²) in [6, 6.07) is 0. The molecule has 0 fully saturated rings. The Balaban J connectivity index is 0.